The van der Waals surface area contributed by atoms with E-state index in [9.17, 15) is 20.0 Å². The number of hydrogen-bond donors (Lipinski definition) is 2. The molecule has 0 saturated heterocycles. The molecule has 1 aromatic rings. The lowest BCUT2D eigenvalue weighted by atomic mass is 9.93. The maximum Gasteiger partial charge on any atom is 0.282 e. The van der Waals surface area contributed by atoms with Crippen molar-refractivity contribution in [3.63, 3.8) is 0 Å². The minimum Gasteiger partial charge on any atom is -0.394 e. The Bertz CT molecular complexity index is 507. The first-order valence-electron chi connectivity index (χ1n) is 6.26. The first-order valence-corrected chi connectivity index (χ1v) is 6.64. The molecule has 0 atom stereocenters. The fourth-order valence-electron chi connectivity index (χ4n) is 1.85. The quantitative estimate of drug-likeness (QED) is 0.623. The lowest BCUT2D eigenvalue weighted by Crippen LogP contribution is -2.50. The highest BCUT2D eigenvalue weighted by Gasteiger charge is 2.30. The predicted octanol–water partition coefficient (Wildman–Crippen LogP) is 2.53. The van der Waals surface area contributed by atoms with E-state index < -0.39 is 16.4 Å². The van der Waals surface area contributed by atoms with Crippen molar-refractivity contribution in [1.29, 1.82) is 0 Å². The van der Waals surface area contributed by atoms with Crippen LogP contribution in [0.2, 0.25) is 5.02 Å². The number of nitrogens with one attached hydrogen (secondary N) is 1. The number of nitro groups is 1. The Morgan fingerprint density at radius 2 is 2.05 bits per heavy atom. The predicted molar refractivity (Wildman–Crippen MR) is 76.0 cm³/mol. The third-order valence-electron chi connectivity index (χ3n) is 3.43. The smallest absolute Gasteiger partial charge is 0.282 e. The number of carbonyl (C=O) groups excluding carboxylic acids is 1. The number of nitro benzene ring substituents is 1. The van der Waals surface area contributed by atoms with Crippen LogP contribution in [0.1, 0.15) is 37.0 Å². The Kier molecular flexibility index (Phi) is 5.47. The number of carbonyl (C=O) groups is 1. The summed E-state index contributed by atoms with van der Waals surface area (Å²) in [6.45, 7) is 3.42. The minimum absolute atomic E-state index is 0.109. The second-order valence-corrected chi connectivity index (χ2v) is 4.95. The summed E-state index contributed by atoms with van der Waals surface area (Å²) in [5.41, 5.74) is -1.21. The third-order valence-corrected chi connectivity index (χ3v) is 3.67. The summed E-state index contributed by atoms with van der Waals surface area (Å²) in [7, 11) is 0. The van der Waals surface area contributed by atoms with Crippen LogP contribution in [0.15, 0.2) is 18.2 Å². The van der Waals surface area contributed by atoms with Crippen LogP contribution in [0.4, 0.5) is 5.69 Å². The maximum atomic E-state index is 12.2. The van der Waals surface area contributed by atoms with E-state index in [1.54, 1.807) is 0 Å². The van der Waals surface area contributed by atoms with Crippen molar-refractivity contribution in [2.75, 3.05) is 6.61 Å². The van der Waals surface area contributed by atoms with Crippen LogP contribution in [0.5, 0.6) is 0 Å². The minimum atomic E-state index is -0.784. The molecule has 0 aliphatic rings. The number of aliphatic hydroxyl groups is 1. The molecule has 0 unspecified atom stereocenters. The van der Waals surface area contributed by atoms with Gasteiger partial charge in [-0.25, -0.2) is 0 Å². The zero-order valence-electron chi connectivity index (χ0n) is 11.4. The van der Waals surface area contributed by atoms with Crippen LogP contribution >= 0.6 is 11.6 Å². The zero-order valence-corrected chi connectivity index (χ0v) is 12.1. The molecule has 2 N–H and O–H groups in total. The fourth-order valence-corrected chi connectivity index (χ4v) is 2.02. The van der Waals surface area contributed by atoms with Crippen molar-refractivity contribution in [2.45, 2.75) is 32.2 Å². The van der Waals surface area contributed by atoms with Gasteiger partial charge in [-0.15, -0.1) is 0 Å². The van der Waals surface area contributed by atoms with Gasteiger partial charge in [-0.2, -0.15) is 0 Å². The molecular weight excluding hydrogens is 284 g/mol. The highest BCUT2D eigenvalue weighted by molar-refractivity contribution is 6.31. The topological polar surface area (TPSA) is 92.5 Å². The molecule has 1 amide bonds. The molecular formula is C13H17ClN2O4. The monoisotopic (exact) mass is 300 g/mol. The average Bonchev–Trinajstić information content (AvgIpc) is 2.44. The lowest BCUT2D eigenvalue weighted by Gasteiger charge is -2.30. The van der Waals surface area contributed by atoms with Crippen LogP contribution in [0, 0.1) is 10.1 Å². The number of benzene rings is 1. The Morgan fingerprint density at radius 1 is 1.45 bits per heavy atom. The third kappa shape index (κ3) is 3.46. The van der Waals surface area contributed by atoms with Gasteiger partial charge in [0.15, 0.2) is 0 Å². The molecule has 1 rings (SSSR count). The number of halogens is 1. The molecule has 0 aliphatic carbocycles. The standard InChI is InChI=1S/C13H17ClN2O4/c1-3-13(4-2,8-17)15-12(18)10-7-9(14)5-6-11(10)16(19)20/h5-7,17H,3-4,8H2,1-2H3,(H,15,18). The molecule has 0 radical (unpaired) electrons. The molecule has 0 aromatic heterocycles. The summed E-state index contributed by atoms with van der Waals surface area (Å²) in [6.07, 6.45) is 1.03. The number of aliphatic hydroxyl groups excluding tert-OH is 1. The van der Waals surface area contributed by atoms with E-state index >= 15 is 0 Å². The van der Waals surface area contributed by atoms with Gasteiger partial charge in [0, 0.05) is 11.1 Å². The molecule has 20 heavy (non-hydrogen) atoms. The second kappa shape index (κ2) is 6.67. The first kappa shape index (κ1) is 16.4. The molecule has 0 fully saturated rings. The van der Waals surface area contributed by atoms with Gasteiger partial charge in [0.2, 0.25) is 0 Å². The van der Waals surface area contributed by atoms with E-state index in [0.717, 1.165) is 0 Å². The van der Waals surface area contributed by atoms with E-state index in [2.05, 4.69) is 5.32 Å². The fraction of sp³-hybridized carbons (Fsp3) is 0.462. The summed E-state index contributed by atoms with van der Waals surface area (Å²) >= 11 is 5.79. The Morgan fingerprint density at radius 3 is 2.50 bits per heavy atom. The number of rotatable bonds is 6. The van der Waals surface area contributed by atoms with Gasteiger partial charge in [-0.3, -0.25) is 14.9 Å². The number of amides is 1. The van der Waals surface area contributed by atoms with Crippen LogP contribution < -0.4 is 5.32 Å². The molecule has 0 spiro atoms. The van der Waals surface area contributed by atoms with Crippen LogP contribution in [0.3, 0.4) is 0 Å². The number of nitrogens with zero attached hydrogens (tertiary/aromatic N) is 1. The van der Waals surface area contributed by atoms with E-state index in [4.69, 9.17) is 11.6 Å². The van der Waals surface area contributed by atoms with Gasteiger partial charge < -0.3 is 10.4 Å². The molecule has 7 heteroatoms. The molecule has 6 nitrogen and oxygen atoms in total. The highest BCUT2D eigenvalue weighted by Crippen LogP contribution is 2.24. The Balaban J connectivity index is 3.15. The van der Waals surface area contributed by atoms with Crippen molar-refractivity contribution in [3.8, 4) is 0 Å². The van der Waals surface area contributed by atoms with E-state index in [-0.39, 0.29) is 22.9 Å². The van der Waals surface area contributed by atoms with Gasteiger partial charge in [-0.05, 0) is 25.0 Å². The van der Waals surface area contributed by atoms with Crippen molar-refractivity contribution in [3.05, 3.63) is 38.9 Å². The van der Waals surface area contributed by atoms with Crippen LogP contribution in [-0.4, -0.2) is 28.1 Å². The van der Waals surface area contributed by atoms with Crippen molar-refractivity contribution in [2.24, 2.45) is 0 Å². The maximum absolute atomic E-state index is 12.2. The Labute approximate surface area is 121 Å². The van der Waals surface area contributed by atoms with E-state index in [1.807, 2.05) is 13.8 Å². The van der Waals surface area contributed by atoms with Gasteiger partial charge >= 0.3 is 0 Å². The van der Waals surface area contributed by atoms with Crippen molar-refractivity contribution in [1.82, 2.24) is 5.32 Å². The second-order valence-electron chi connectivity index (χ2n) is 4.52. The molecule has 0 bridgehead atoms. The van der Waals surface area contributed by atoms with Gasteiger partial charge in [0.05, 0.1) is 17.1 Å². The normalized spacial score (nSPS) is 11.2. The highest BCUT2D eigenvalue weighted by atomic mass is 35.5. The summed E-state index contributed by atoms with van der Waals surface area (Å²) in [4.78, 5) is 22.5. The summed E-state index contributed by atoms with van der Waals surface area (Å²) in [5.74, 6) is -0.614. The van der Waals surface area contributed by atoms with Crippen molar-refractivity contribution < 1.29 is 14.8 Å². The SMILES string of the molecule is CCC(CC)(CO)NC(=O)c1cc(Cl)ccc1[N+](=O)[O-]. The zero-order chi connectivity index (χ0) is 15.3. The van der Waals surface area contributed by atoms with Gasteiger partial charge in [-0.1, -0.05) is 25.4 Å². The largest absolute Gasteiger partial charge is 0.394 e. The Hall–Kier alpha value is -1.66. The summed E-state index contributed by atoms with van der Waals surface area (Å²) in [5, 5.41) is 23.3. The number of hydrogen-bond acceptors (Lipinski definition) is 4. The van der Waals surface area contributed by atoms with Gasteiger partial charge in [0.25, 0.3) is 11.6 Å². The van der Waals surface area contributed by atoms with E-state index in [1.165, 1.54) is 18.2 Å². The summed E-state index contributed by atoms with van der Waals surface area (Å²) < 4.78 is 0. The lowest BCUT2D eigenvalue weighted by molar-refractivity contribution is -0.385. The van der Waals surface area contributed by atoms with Crippen LogP contribution in [-0.2, 0) is 0 Å². The molecule has 0 heterocycles. The molecule has 0 saturated carbocycles. The first-order chi connectivity index (χ1) is 9.39. The average molecular weight is 301 g/mol. The van der Waals surface area contributed by atoms with E-state index in [0.29, 0.717) is 12.8 Å². The van der Waals surface area contributed by atoms with Crippen LogP contribution in [0.25, 0.3) is 0 Å². The van der Waals surface area contributed by atoms with Crippen molar-refractivity contribution >= 4 is 23.2 Å². The molecule has 0 aliphatic heterocycles. The molecule has 1 aromatic carbocycles. The molecule has 110 valence electrons. The summed E-state index contributed by atoms with van der Waals surface area (Å²) in [6, 6.07) is 3.80. The van der Waals surface area contributed by atoms with Gasteiger partial charge in [0.1, 0.15) is 5.56 Å².